The number of pyridine rings is 1. The molecule has 0 saturated heterocycles. The Balaban J connectivity index is 1.83. The number of hydrogen-bond donors (Lipinski definition) is 2. The molecule has 2 N–H and O–H groups in total. The molecule has 2 rings (SSSR count). The molecule has 1 unspecified atom stereocenters. The van der Waals surface area contributed by atoms with Crippen LogP contribution in [0.3, 0.4) is 0 Å². The summed E-state index contributed by atoms with van der Waals surface area (Å²) in [5.41, 5.74) is 1.16. The van der Waals surface area contributed by atoms with Crippen molar-refractivity contribution in [1.82, 2.24) is 10.3 Å². The molecule has 16 heavy (non-hydrogen) atoms. The van der Waals surface area contributed by atoms with Crippen molar-refractivity contribution in [2.45, 2.75) is 31.7 Å². The van der Waals surface area contributed by atoms with Gasteiger partial charge in [0.05, 0.1) is 0 Å². The van der Waals surface area contributed by atoms with Gasteiger partial charge >= 0.3 is 0 Å². The van der Waals surface area contributed by atoms with Gasteiger partial charge in [0.2, 0.25) is 0 Å². The second kappa shape index (κ2) is 5.97. The summed E-state index contributed by atoms with van der Waals surface area (Å²) in [6.07, 6.45) is 6.38. The second-order valence-corrected chi connectivity index (χ2v) is 4.50. The molecule has 1 fully saturated rings. The molecule has 0 aromatic carbocycles. The van der Waals surface area contributed by atoms with Gasteiger partial charge < -0.3 is 10.4 Å². The molecule has 1 atom stereocenters. The van der Waals surface area contributed by atoms with Crippen LogP contribution in [-0.2, 0) is 6.42 Å². The zero-order valence-corrected chi connectivity index (χ0v) is 9.60. The number of aliphatic hydroxyl groups is 1. The van der Waals surface area contributed by atoms with E-state index in [9.17, 15) is 0 Å². The first-order valence-electron chi connectivity index (χ1n) is 6.14. The lowest BCUT2D eigenvalue weighted by molar-refractivity contribution is 0.281. The van der Waals surface area contributed by atoms with Crippen LogP contribution in [0.5, 0.6) is 0 Å². The Morgan fingerprint density at radius 1 is 1.44 bits per heavy atom. The molecule has 1 heterocycles. The van der Waals surface area contributed by atoms with Gasteiger partial charge in [-0.1, -0.05) is 6.07 Å². The van der Waals surface area contributed by atoms with Crippen molar-refractivity contribution in [2.75, 3.05) is 13.2 Å². The van der Waals surface area contributed by atoms with Gasteiger partial charge in [0.25, 0.3) is 0 Å². The lowest BCUT2D eigenvalue weighted by Gasteiger charge is -2.17. The molecule has 0 radical (unpaired) electrons. The normalized spacial score (nSPS) is 17.3. The number of nitrogens with one attached hydrogen (secondary N) is 1. The van der Waals surface area contributed by atoms with Crippen LogP contribution in [-0.4, -0.2) is 29.3 Å². The molecule has 88 valence electrons. The third-order valence-corrected chi connectivity index (χ3v) is 3.09. The Hall–Kier alpha value is -0.930. The largest absolute Gasteiger partial charge is 0.396 e. The van der Waals surface area contributed by atoms with Gasteiger partial charge in [0, 0.05) is 31.0 Å². The maximum Gasteiger partial charge on any atom is 0.0443 e. The standard InChI is InChI=1S/C13H20N2O/c16-9-3-8-15-13(11-5-6-11)10-12-4-1-2-7-14-12/h1-2,4,7,11,13,15-16H,3,5-6,8-10H2. The van der Waals surface area contributed by atoms with Crippen molar-refractivity contribution in [3.8, 4) is 0 Å². The number of aliphatic hydroxyl groups excluding tert-OH is 1. The van der Waals surface area contributed by atoms with Crippen molar-refractivity contribution in [3.05, 3.63) is 30.1 Å². The van der Waals surface area contributed by atoms with E-state index < -0.39 is 0 Å². The van der Waals surface area contributed by atoms with E-state index in [1.165, 1.54) is 12.8 Å². The van der Waals surface area contributed by atoms with E-state index in [2.05, 4.69) is 16.4 Å². The summed E-state index contributed by atoms with van der Waals surface area (Å²) < 4.78 is 0. The summed E-state index contributed by atoms with van der Waals surface area (Å²) in [6.45, 7) is 1.18. The van der Waals surface area contributed by atoms with Crippen molar-refractivity contribution < 1.29 is 5.11 Å². The average Bonchev–Trinajstić information content (AvgIpc) is 3.13. The van der Waals surface area contributed by atoms with Crippen molar-refractivity contribution in [3.63, 3.8) is 0 Å². The monoisotopic (exact) mass is 220 g/mol. The average molecular weight is 220 g/mol. The quantitative estimate of drug-likeness (QED) is 0.682. The molecule has 1 saturated carbocycles. The van der Waals surface area contributed by atoms with E-state index >= 15 is 0 Å². The van der Waals surface area contributed by atoms with Crippen molar-refractivity contribution >= 4 is 0 Å². The van der Waals surface area contributed by atoms with Crippen LogP contribution in [0.15, 0.2) is 24.4 Å². The summed E-state index contributed by atoms with van der Waals surface area (Å²) >= 11 is 0. The third-order valence-electron chi connectivity index (χ3n) is 3.09. The van der Waals surface area contributed by atoms with E-state index in [1.807, 2.05) is 18.3 Å². The van der Waals surface area contributed by atoms with Crippen molar-refractivity contribution in [2.24, 2.45) is 5.92 Å². The highest BCUT2D eigenvalue weighted by Crippen LogP contribution is 2.33. The summed E-state index contributed by atoms with van der Waals surface area (Å²) in [4.78, 5) is 4.37. The molecule has 0 aliphatic heterocycles. The Bertz CT molecular complexity index is 298. The van der Waals surface area contributed by atoms with Crippen LogP contribution in [0.1, 0.15) is 25.0 Å². The molecule has 0 bridgehead atoms. The topological polar surface area (TPSA) is 45.1 Å². The fourth-order valence-corrected chi connectivity index (χ4v) is 2.01. The molecule has 1 aliphatic rings. The molecular weight excluding hydrogens is 200 g/mol. The van der Waals surface area contributed by atoms with E-state index in [4.69, 9.17) is 5.11 Å². The Labute approximate surface area is 96.9 Å². The fourth-order valence-electron chi connectivity index (χ4n) is 2.01. The minimum absolute atomic E-state index is 0.272. The zero-order chi connectivity index (χ0) is 11.2. The van der Waals surface area contributed by atoms with Crippen LogP contribution >= 0.6 is 0 Å². The minimum Gasteiger partial charge on any atom is -0.396 e. The minimum atomic E-state index is 0.272. The summed E-state index contributed by atoms with van der Waals surface area (Å²) in [7, 11) is 0. The molecule has 0 amide bonds. The SMILES string of the molecule is OCCCNC(Cc1ccccn1)C1CC1. The Kier molecular flexibility index (Phi) is 4.31. The summed E-state index contributed by atoms with van der Waals surface area (Å²) in [6, 6.07) is 6.62. The van der Waals surface area contributed by atoms with Crippen LogP contribution in [0.4, 0.5) is 0 Å². The Morgan fingerprint density at radius 3 is 2.94 bits per heavy atom. The van der Waals surface area contributed by atoms with Gasteiger partial charge in [-0.15, -0.1) is 0 Å². The predicted molar refractivity (Wildman–Crippen MR) is 64.2 cm³/mol. The van der Waals surface area contributed by atoms with Gasteiger partial charge in [-0.2, -0.15) is 0 Å². The second-order valence-electron chi connectivity index (χ2n) is 4.50. The number of nitrogens with zero attached hydrogens (tertiary/aromatic N) is 1. The van der Waals surface area contributed by atoms with Gasteiger partial charge in [-0.05, 0) is 43.9 Å². The number of hydrogen-bond acceptors (Lipinski definition) is 3. The smallest absolute Gasteiger partial charge is 0.0443 e. The molecular formula is C13H20N2O. The highest BCUT2D eigenvalue weighted by atomic mass is 16.3. The lowest BCUT2D eigenvalue weighted by Crippen LogP contribution is -2.34. The van der Waals surface area contributed by atoms with Crippen LogP contribution in [0.2, 0.25) is 0 Å². The molecule has 1 aliphatic carbocycles. The van der Waals surface area contributed by atoms with Gasteiger partial charge in [-0.25, -0.2) is 0 Å². The van der Waals surface area contributed by atoms with Crippen molar-refractivity contribution in [1.29, 1.82) is 0 Å². The molecule has 1 aromatic heterocycles. The highest BCUT2D eigenvalue weighted by Gasteiger charge is 2.30. The zero-order valence-electron chi connectivity index (χ0n) is 9.60. The highest BCUT2D eigenvalue weighted by molar-refractivity contribution is 5.07. The van der Waals surface area contributed by atoms with E-state index in [0.717, 1.165) is 31.0 Å². The lowest BCUT2D eigenvalue weighted by atomic mass is 10.1. The maximum absolute atomic E-state index is 8.77. The molecule has 0 spiro atoms. The molecule has 3 heteroatoms. The summed E-state index contributed by atoms with van der Waals surface area (Å²) in [5, 5.41) is 12.3. The number of rotatable bonds is 7. The summed E-state index contributed by atoms with van der Waals surface area (Å²) in [5.74, 6) is 0.820. The first kappa shape index (κ1) is 11.6. The van der Waals surface area contributed by atoms with Gasteiger partial charge in [-0.3, -0.25) is 4.98 Å². The third kappa shape index (κ3) is 3.58. The first-order valence-corrected chi connectivity index (χ1v) is 6.14. The number of aromatic nitrogens is 1. The van der Waals surface area contributed by atoms with E-state index in [0.29, 0.717) is 6.04 Å². The predicted octanol–water partition coefficient (Wildman–Crippen LogP) is 1.37. The molecule has 1 aromatic rings. The van der Waals surface area contributed by atoms with Crippen LogP contribution in [0, 0.1) is 5.92 Å². The Morgan fingerprint density at radius 2 is 2.31 bits per heavy atom. The van der Waals surface area contributed by atoms with Crippen LogP contribution in [0.25, 0.3) is 0 Å². The first-order chi connectivity index (χ1) is 7.90. The van der Waals surface area contributed by atoms with Crippen LogP contribution < -0.4 is 5.32 Å². The maximum atomic E-state index is 8.77. The van der Waals surface area contributed by atoms with Gasteiger partial charge in [0.1, 0.15) is 0 Å². The van der Waals surface area contributed by atoms with Gasteiger partial charge in [0.15, 0.2) is 0 Å². The fraction of sp³-hybridized carbons (Fsp3) is 0.615. The van der Waals surface area contributed by atoms with E-state index in [1.54, 1.807) is 0 Å². The van der Waals surface area contributed by atoms with E-state index in [-0.39, 0.29) is 6.61 Å². The molecule has 3 nitrogen and oxygen atoms in total.